The monoisotopic (exact) mass is 292 g/mol. The smallest absolute Gasteiger partial charge is 0.333 e. The molecule has 0 aromatic heterocycles. The van der Waals surface area contributed by atoms with Crippen LogP contribution in [0.5, 0.6) is 0 Å². The van der Waals surface area contributed by atoms with Gasteiger partial charge < -0.3 is 18.5 Å². The average Bonchev–Trinajstić information content (AvgIpc) is 2.73. The molecule has 5 nitrogen and oxygen atoms in total. The molecule has 1 unspecified atom stereocenters. The van der Waals surface area contributed by atoms with Gasteiger partial charge in [0.15, 0.2) is 5.79 Å². The quantitative estimate of drug-likeness (QED) is 0.703. The summed E-state index contributed by atoms with van der Waals surface area (Å²) in [6.07, 6.45) is 5.52. The highest BCUT2D eigenvalue weighted by Gasteiger charge is 2.44. The number of hydrogen-bond donors (Lipinski definition) is 0. The summed E-state index contributed by atoms with van der Waals surface area (Å²) in [4.78, 5) is 0. The van der Waals surface area contributed by atoms with Gasteiger partial charge in [-0.05, 0) is 26.7 Å². The number of ether oxygens (including phenoxy) is 2. The average molecular weight is 292 g/mol. The van der Waals surface area contributed by atoms with Crippen LogP contribution in [0.3, 0.4) is 0 Å². The third kappa shape index (κ3) is 4.02. The summed E-state index contributed by atoms with van der Waals surface area (Å²) >= 11 is 0. The Kier molecular flexibility index (Phi) is 5.44. The van der Waals surface area contributed by atoms with Crippen LogP contribution in [-0.2, 0) is 23.1 Å². The summed E-state index contributed by atoms with van der Waals surface area (Å²) in [5.41, 5.74) is 0. The summed E-state index contributed by atoms with van der Waals surface area (Å²) in [5, 5.41) is 0. The second kappa shape index (κ2) is 6.68. The Hall–Kier alpha value is 0.0700. The zero-order valence-corrected chi connectivity index (χ0v) is 12.8. The first-order chi connectivity index (χ1) is 9.11. The van der Waals surface area contributed by atoms with Gasteiger partial charge in [0, 0.05) is 12.8 Å². The topological polar surface area (TPSA) is 54.0 Å². The van der Waals surface area contributed by atoms with Crippen LogP contribution >= 0.6 is 7.60 Å². The Bertz CT molecular complexity index is 317. The molecule has 0 aromatic rings. The van der Waals surface area contributed by atoms with Gasteiger partial charge in [-0.3, -0.25) is 4.57 Å². The van der Waals surface area contributed by atoms with Crippen molar-refractivity contribution in [2.75, 3.05) is 26.0 Å². The van der Waals surface area contributed by atoms with Crippen molar-refractivity contribution >= 4 is 7.60 Å². The first-order valence-corrected chi connectivity index (χ1v) is 9.04. The van der Waals surface area contributed by atoms with E-state index in [1.807, 2.05) is 13.8 Å². The van der Waals surface area contributed by atoms with Crippen molar-refractivity contribution < 1.29 is 23.1 Å². The molecule has 1 saturated carbocycles. The Labute approximate surface area is 115 Å². The highest BCUT2D eigenvalue weighted by molar-refractivity contribution is 7.53. The lowest BCUT2D eigenvalue weighted by atomic mass is 9.94. The van der Waals surface area contributed by atoms with Gasteiger partial charge >= 0.3 is 7.60 Å². The molecule has 0 aromatic carbocycles. The van der Waals surface area contributed by atoms with Crippen molar-refractivity contribution in [1.82, 2.24) is 0 Å². The lowest BCUT2D eigenvalue weighted by molar-refractivity contribution is -0.185. The minimum Gasteiger partial charge on any atom is -0.347 e. The molecule has 1 heterocycles. The van der Waals surface area contributed by atoms with E-state index in [0.717, 1.165) is 25.7 Å². The summed E-state index contributed by atoms with van der Waals surface area (Å²) in [6.45, 7) is 4.90. The zero-order valence-electron chi connectivity index (χ0n) is 11.9. The van der Waals surface area contributed by atoms with Gasteiger partial charge in [0.2, 0.25) is 0 Å². The van der Waals surface area contributed by atoms with Crippen LogP contribution in [0.2, 0.25) is 0 Å². The molecule has 2 aliphatic rings. The highest BCUT2D eigenvalue weighted by atomic mass is 31.2. The molecule has 1 saturated heterocycles. The molecular weight excluding hydrogens is 267 g/mol. The molecule has 0 radical (unpaired) electrons. The second-order valence-electron chi connectivity index (χ2n) is 5.15. The molecule has 0 bridgehead atoms. The van der Waals surface area contributed by atoms with Gasteiger partial charge in [-0.1, -0.05) is 6.42 Å². The van der Waals surface area contributed by atoms with E-state index >= 15 is 0 Å². The van der Waals surface area contributed by atoms with E-state index in [9.17, 15) is 4.57 Å². The fourth-order valence-electron chi connectivity index (χ4n) is 2.84. The molecule has 2 rings (SSSR count). The predicted octanol–water partition coefficient (Wildman–Crippen LogP) is 3.33. The van der Waals surface area contributed by atoms with Gasteiger partial charge in [0.1, 0.15) is 0 Å². The van der Waals surface area contributed by atoms with Gasteiger partial charge in [-0.15, -0.1) is 0 Å². The van der Waals surface area contributed by atoms with Crippen LogP contribution in [0.15, 0.2) is 0 Å². The van der Waals surface area contributed by atoms with Crippen molar-refractivity contribution in [3.05, 3.63) is 0 Å². The van der Waals surface area contributed by atoms with Crippen LogP contribution in [0.1, 0.15) is 46.0 Å². The van der Waals surface area contributed by atoms with E-state index < -0.39 is 13.4 Å². The molecular formula is C13H25O5P. The lowest BCUT2D eigenvalue weighted by Gasteiger charge is -2.32. The molecule has 0 N–H and O–H groups in total. The van der Waals surface area contributed by atoms with E-state index in [1.165, 1.54) is 6.42 Å². The molecule has 1 aliphatic carbocycles. The summed E-state index contributed by atoms with van der Waals surface area (Å²) < 4.78 is 34.9. The van der Waals surface area contributed by atoms with Crippen LogP contribution < -0.4 is 0 Å². The van der Waals surface area contributed by atoms with E-state index in [2.05, 4.69) is 0 Å². The zero-order chi connectivity index (χ0) is 13.8. The maximum absolute atomic E-state index is 12.5. The maximum atomic E-state index is 12.5. The van der Waals surface area contributed by atoms with Crippen molar-refractivity contribution in [3.8, 4) is 0 Å². The summed E-state index contributed by atoms with van der Waals surface area (Å²) in [5.74, 6) is -0.424. The largest absolute Gasteiger partial charge is 0.347 e. The molecule has 2 fully saturated rings. The molecule has 1 aliphatic heterocycles. The van der Waals surface area contributed by atoms with Crippen molar-refractivity contribution in [3.63, 3.8) is 0 Å². The highest BCUT2D eigenvalue weighted by Crippen LogP contribution is 2.51. The summed E-state index contributed by atoms with van der Waals surface area (Å²) in [6, 6.07) is 0. The normalized spacial score (nSPS) is 26.9. The van der Waals surface area contributed by atoms with Gasteiger partial charge in [-0.25, -0.2) is 0 Å². The van der Waals surface area contributed by atoms with Crippen molar-refractivity contribution in [2.45, 2.75) is 57.8 Å². The second-order valence-corrected chi connectivity index (χ2v) is 7.25. The van der Waals surface area contributed by atoms with Crippen LogP contribution in [0.25, 0.3) is 0 Å². The molecule has 0 amide bonds. The van der Waals surface area contributed by atoms with Crippen molar-refractivity contribution in [2.24, 2.45) is 0 Å². The van der Waals surface area contributed by atoms with Gasteiger partial charge in [0.05, 0.1) is 32.1 Å². The van der Waals surface area contributed by atoms with E-state index in [4.69, 9.17) is 18.5 Å². The molecule has 1 spiro atoms. The minimum atomic E-state index is -3.04. The SMILES string of the molecule is CCOP(=O)(CC1COC2(CCCCC2)O1)OCC. The van der Waals surface area contributed by atoms with Gasteiger partial charge in [-0.2, -0.15) is 0 Å². The first-order valence-electron chi connectivity index (χ1n) is 7.31. The molecule has 112 valence electrons. The Morgan fingerprint density at radius 1 is 1.16 bits per heavy atom. The standard InChI is InChI=1S/C13H25O5P/c1-3-16-19(14,17-4-2)11-12-10-15-13(18-12)8-6-5-7-9-13/h12H,3-11H2,1-2H3. The fraction of sp³-hybridized carbons (Fsp3) is 1.00. The van der Waals surface area contributed by atoms with Crippen molar-refractivity contribution in [1.29, 1.82) is 0 Å². The summed E-state index contributed by atoms with van der Waals surface area (Å²) in [7, 11) is -3.04. The Balaban J connectivity index is 1.91. The van der Waals surface area contributed by atoms with Crippen LogP contribution in [0.4, 0.5) is 0 Å². The van der Waals surface area contributed by atoms with E-state index in [-0.39, 0.29) is 12.3 Å². The first kappa shape index (κ1) is 15.5. The van der Waals surface area contributed by atoms with E-state index in [1.54, 1.807) is 0 Å². The van der Waals surface area contributed by atoms with E-state index in [0.29, 0.717) is 19.8 Å². The van der Waals surface area contributed by atoms with Crippen LogP contribution in [-0.4, -0.2) is 37.9 Å². The fourth-order valence-corrected chi connectivity index (χ4v) is 4.60. The van der Waals surface area contributed by atoms with Gasteiger partial charge in [0.25, 0.3) is 0 Å². The molecule has 1 atom stereocenters. The predicted molar refractivity (Wildman–Crippen MR) is 72.4 cm³/mol. The number of rotatable bonds is 6. The number of hydrogen-bond acceptors (Lipinski definition) is 5. The maximum Gasteiger partial charge on any atom is 0.333 e. The minimum absolute atomic E-state index is 0.179. The Morgan fingerprint density at radius 2 is 1.79 bits per heavy atom. The molecule has 19 heavy (non-hydrogen) atoms. The third-order valence-electron chi connectivity index (χ3n) is 3.61. The van der Waals surface area contributed by atoms with Crippen LogP contribution in [0, 0.1) is 0 Å². The Morgan fingerprint density at radius 3 is 2.37 bits per heavy atom. The molecule has 6 heteroatoms. The third-order valence-corrected chi connectivity index (χ3v) is 5.77. The lowest BCUT2D eigenvalue weighted by Crippen LogP contribution is -2.33.